The number of halogens is 2. The first-order chi connectivity index (χ1) is 14.5. The Kier molecular flexibility index (Phi) is 6.00. The highest BCUT2D eigenvalue weighted by Gasteiger charge is 2.40. The smallest absolute Gasteiger partial charge is 0.268 e. The molecule has 1 aliphatic rings. The number of carbonyl (C=O) groups is 2. The van der Waals surface area contributed by atoms with E-state index in [1.807, 2.05) is 37.3 Å². The van der Waals surface area contributed by atoms with Crippen molar-refractivity contribution in [1.82, 2.24) is 0 Å². The summed E-state index contributed by atoms with van der Waals surface area (Å²) in [4.78, 5) is 28.5. The van der Waals surface area contributed by atoms with E-state index in [-0.39, 0.29) is 11.8 Å². The third kappa shape index (κ3) is 4.04. The second-order valence-electron chi connectivity index (χ2n) is 6.86. The van der Waals surface area contributed by atoms with Gasteiger partial charge in [0.05, 0.1) is 16.2 Å². The second kappa shape index (κ2) is 8.68. The number of thioether (sulfide) groups is 1. The van der Waals surface area contributed by atoms with Crippen LogP contribution >= 0.6 is 35.0 Å². The SMILES string of the molecule is Cc1cc(Cl)ccc1N1C(=O)C(SCc2ccccc2)=C(c2ccc(Cl)cc2)C1=O. The number of aryl methyl sites for hydroxylation is 1. The van der Waals surface area contributed by atoms with Crippen LogP contribution in [0.2, 0.25) is 10.0 Å². The Morgan fingerprint density at radius 1 is 0.833 bits per heavy atom. The van der Waals surface area contributed by atoms with E-state index in [0.717, 1.165) is 11.1 Å². The molecular formula is C24H17Cl2NO2S. The van der Waals surface area contributed by atoms with Crippen molar-refractivity contribution >= 4 is 58.0 Å². The van der Waals surface area contributed by atoms with Crippen LogP contribution in [0.1, 0.15) is 16.7 Å². The van der Waals surface area contributed by atoms with E-state index in [4.69, 9.17) is 23.2 Å². The summed E-state index contributed by atoms with van der Waals surface area (Å²) >= 11 is 13.5. The molecule has 0 radical (unpaired) electrons. The van der Waals surface area contributed by atoms with Gasteiger partial charge in [-0.05, 0) is 53.9 Å². The standard InChI is InChI=1S/C24H17Cl2NO2S/c1-15-13-19(26)11-12-20(15)27-23(28)21(17-7-9-18(25)10-8-17)22(24(27)29)30-14-16-5-3-2-4-6-16/h2-13H,14H2,1H3. The lowest BCUT2D eigenvalue weighted by Gasteiger charge is -2.18. The third-order valence-corrected chi connectivity index (χ3v) is 6.43. The fourth-order valence-corrected chi connectivity index (χ4v) is 4.75. The minimum absolute atomic E-state index is 0.323. The largest absolute Gasteiger partial charge is 0.272 e. The molecule has 30 heavy (non-hydrogen) atoms. The Morgan fingerprint density at radius 2 is 1.50 bits per heavy atom. The molecule has 0 saturated heterocycles. The number of nitrogens with zero attached hydrogens (tertiary/aromatic N) is 1. The highest BCUT2D eigenvalue weighted by molar-refractivity contribution is 8.03. The second-order valence-corrected chi connectivity index (χ2v) is 8.72. The molecule has 1 heterocycles. The van der Waals surface area contributed by atoms with Crippen molar-refractivity contribution in [2.75, 3.05) is 4.90 Å². The number of carbonyl (C=O) groups excluding carboxylic acids is 2. The molecule has 150 valence electrons. The topological polar surface area (TPSA) is 37.4 Å². The van der Waals surface area contributed by atoms with E-state index >= 15 is 0 Å². The normalized spacial score (nSPS) is 14.0. The molecule has 1 aliphatic heterocycles. The first-order valence-corrected chi connectivity index (χ1v) is 11.0. The summed E-state index contributed by atoms with van der Waals surface area (Å²) in [5, 5.41) is 1.12. The number of hydrogen-bond acceptors (Lipinski definition) is 3. The van der Waals surface area contributed by atoms with Crippen molar-refractivity contribution < 1.29 is 9.59 Å². The minimum Gasteiger partial charge on any atom is -0.268 e. The van der Waals surface area contributed by atoms with Gasteiger partial charge in [-0.25, -0.2) is 4.90 Å². The molecule has 0 N–H and O–H groups in total. The van der Waals surface area contributed by atoms with Crippen LogP contribution in [0, 0.1) is 6.92 Å². The molecule has 6 heteroatoms. The van der Waals surface area contributed by atoms with E-state index in [1.54, 1.807) is 42.5 Å². The van der Waals surface area contributed by atoms with Gasteiger partial charge in [-0.2, -0.15) is 0 Å². The van der Waals surface area contributed by atoms with E-state index < -0.39 is 0 Å². The van der Waals surface area contributed by atoms with Gasteiger partial charge in [0.15, 0.2) is 0 Å². The van der Waals surface area contributed by atoms with Crippen LogP contribution in [-0.4, -0.2) is 11.8 Å². The first kappa shape index (κ1) is 20.7. The van der Waals surface area contributed by atoms with Crippen molar-refractivity contribution in [3.05, 3.63) is 104 Å². The van der Waals surface area contributed by atoms with Crippen LogP contribution in [0.25, 0.3) is 5.57 Å². The quantitative estimate of drug-likeness (QED) is 0.412. The number of anilines is 1. The Labute approximate surface area is 189 Å². The lowest BCUT2D eigenvalue weighted by Crippen LogP contribution is -2.31. The van der Waals surface area contributed by atoms with Gasteiger partial charge in [-0.1, -0.05) is 65.7 Å². The van der Waals surface area contributed by atoms with Crippen molar-refractivity contribution in [1.29, 1.82) is 0 Å². The molecule has 0 fully saturated rings. The van der Waals surface area contributed by atoms with E-state index in [2.05, 4.69) is 0 Å². The summed E-state index contributed by atoms with van der Waals surface area (Å²) < 4.78 is 0. The van der Waals surface area contributed by atoms with Gasteiger partial charge >= 0.3 is 0 Å². The van der Waals surface area contributed by atoms with Gasteiger partial charge in [0.25, 0.3) is 11.8 Å². The van der Waals surface area contributed by atoms with E-state index in [9.17, 15) is 9.59 Å². The predicted octanol–water partition coefficient (Wildman–Crippen LogP) is 6.52. The lowest BCUT2D eigenvalue weighted by atomic mass is 10.1. The Morgan fingerprint density at radius 3 is 2.17 bits per heavy atom. The summed E-state index contributed by atoms with van der Waals surface area (Å²) in [7, 11) is 0. The van der Waals surface area contributed by atoms with E-state index in [1.165, 1.54) is 16.7 Å². The summed E-state index contributed by atoms with van der Waals surface area (Å²) in [5.41, 5.74) is 3.44. The molecule has 0 unspecified atom stereocenters. The molecule has 0 atom stereocenters. The van der Waals surface area contributed by atoms with Crippen molar-refractivity contribution in [3.8, 4) is 0 Å². The Hall–Kier alpha value is -2.53. The highest BCUT2D eigenvalue weighted by Crippen LogP contribution is 2.40. The molecule has 0 aliphatic carbocycles. The van der Waals surface area contributed by atoms with Crippen LogP contribution in [0.15, 0.2) is 77.7 Å². The van der Waals surface area contributed by atoms with Gasteiger partial charge in [-0.15, -0.1) is 11.8 Å². The molecule has 3 aromatic carbocycles. The maximum atomic E-state index is 13.4. The zero-order valence-electron chi connectivity index (χ0n) is 16.1. The summed E-state index contributed by atoms with van der Waals surface area (Å²) in [6.07, 6.45) is 0. The maximum absolute atomic E-state index is 13.4. The number of benzene rings is 3. The van der Waals surface area contributed by atoms with Gasteiger partial charge in [0.1, 0.15) is 0 Å². The van der Waals surface area contributed by atoms with Gasteiger partial charge < -0.3 is 0 Å². The zero-order valence-corrected chi connectivity index (χ0v) is 18.4. The lowest BCUT2D eigenvalue weighted by molar-refractivity contribution is -0.119. The molecule has 4 rings (SSSR count). The Bertz CT molecular complexity index is 1160. The molecule has 0 spiro atoms. The monoisotopic (exact) mass is 453 g/mol. The predicted molar refractivity (Wildman–Crippen MR) is 125 cm³/mol. The molecule has 0 bridgehead atoms. The van der Waals surface area contributed by atoms with Crippen LogP contribution in [0.3, 0.4) is 0 Å². The van der Waals surface area contributed by atoms with Gasteiger partial charge in [0.2, 0.25) is 0 Å². The fourth-order valence-electron chi connectivity index (χ4n) is 3.33. The van der Waals surface area contributed by atoms with Crippen LogP contribution < -0.4 is 4.90 Å². The fraction of sp³-hybridized carbons (Fsp3) is 0.0833. The number of rotatable bonds is 5. The van der Waals surface area contributed by atoms with Crippen molar-refractivity contribution in [3.63, 3.8) is 0 Å². The average Bonchev–Trinajstić information content (AvgIpc) is 2.98. The molecular weight excluding hydrogens is 437 g/mol. The molecule has 0 aromatic heterocycles. The first-order valence-electron chi connectivity index (χ1n) is 9.27. The molecule has 0 saturated carbocycles. The Balaban J connectivity index is 1.76. The van der Waals surface area contributed by atoms with Crippen LogP contribution in [0.4, 0.5) is 5.69 Å². The molecule has 3 nitrogen and oxygen atoms in total. The van der Waals surface area contributed by atoms with Gasteiger partial charge in [0, 0.05) is 15.8 Å². The molecule has 2 amide bonds. The minimum atomic E-state index is -0.344. The number of amides is 2. The van der Waals surface area contributed by atoms with Crippen LogP contribution in [-0.2, 0) is 15.3 Å². The van der Waals surface area contributed by atoms with Gasteiger partial charge in [-0.3, -0.25) is 9.59 Å². The van der Waals surface area contributed by atoms with Crippen molar-refractivity contribution in [2.45, 2.75) is 12.7 Å². The van der Waals surface area contributed by atoms with Crippen LogP contribution in [0.5, 0.6) is 0 Å². The summed E-state index contributed by atoms with van der Waals surface area (Å²) in [5.74, 6) is -0.0840. The van der Waals surface area contributed by atoms with Crippen molar-refractivity contribution in [2.24, 2.45) is 0 Å². The maximum Gasteiger partial charge on any atom is 0.272 e. The third-order valence-electron chi connectivity index (χ3n) is 4.80. The number of imide groups is 1. The number of hydrogen-bond donors (Lipinski definition) is 0. The summed E-state index contributed by atoms with van der Waals surface area (Å²) in [6.45, 7) is 1.83. The highest BCUT2D eigenvalue weighted by atomic mass is 35.5. The zero-order chi connectivity index (χ0) is 21.3. The van der Waals surface area contributed by atoms with E-state index in [0.29, 0.717) is 37.5 Å². The summed E-state index contributed by atoms with van der Waals surface area (Å²) in [6, 6.07) is 22.0. The molecule has 3 aromatic rings. The average molecular weight is 454 g/mol.